The van der Waals surface area contributed by atoms with Crippen LogP contribution in [0, 0.1) is 0 Å². The van der Waals surface area contributed by atoms with E-state index in [4.69, 9.17) is 9.40 Å². The molecule has 0 saturated heterocycles. The lowest BCUT2D eigenvalue weighted by Gasteiger charge is -2.33. The summed E-state index contributed by atoms with van der Waals surface area (Å²) >= 11 is 0. The van der Waals surface area contributed by atoms with Crippen LogP contribution in [0.3, 0.4) is 0 Å². The number of oxazole rings is 1. The molecule has 0 saturated carbocycles. The number of hydrogen-bond donors (Lipinski definition) is 0. The lowest BCUT2D eigenvalue weighted by atomic mass is 10.0. The molecule has 4 heteroatoms. The molecule has 1 aliphatic carbocycles. The Morgan fingerprint density at radius 3 is 2.07 bits per heavy atom. The minimum atomic E-state index is 0.181. The van der Waals surface area contributed by atoms with Crippen molar-refractivity contribution in [3.05, 3.63) is 158 Å². The third-order valence-corrected chi connectivity index (χ3v) is 8.91. The molecule has 4 nitrogen and oxygen atoms in total. The Balaban J connectivity index is 1.17. The topological polar surface area (TPSA) is 34.2 Å². The van der Waals surface area contributed by atoms with Crippen molar-refractivity contribution in [1.29, 1.82) is 0 Å². The summed E-state index contributed by atoms with van der Waals surface area (Å²) in [6.07, 6.45) is 9.73. The maximum Gasteiger partial charge on any atom is 0.227 e. The van der Waals surface area contributed by atoms with Gasteiger partial charge in [0.2, 0.25) is 5.89 Å². The fraction of sp³-hybridized carbons (Fsp3) is 0.0488. The van der Waals surface area contributed by atoms with E-state index in [2.05, 4.69) is 131 Å². The van der Waals surface area contributed by atoms with Crippen LogP contribution < -0.4 is 4.90 Å². The number of allylic oxidation sites excluding steroid dienone is 2. The van der Waals surface area contributed by atoms with Crippen LogP contribution in [0.25, 0.3) is 60.8 Å². The number of anilines is 2. The molecule has 1 unspecified atom stereocenters. The van der Waals surface area contributed by atoms with Crippen LogP contribution >= 0.6 is 0 Å². The molecule has 0 bridgehead atoms. The number of nitrogens with zero attached hydrogens (tertiary/aromatic N) is 3. The summed E-state index contributed by atoms with van der Waals surface area (Å²) in [6.45, 7) is 0. The number of fused-ring (bicyclic) bond motifs is 6. The van der Waals surface area contributed by atoms with Crippen molar-refractivity contribution in [1.82, 2.24) is 9.55 Å². The first-order chi connectivity index (χ1) is 22.3. The Morgan fingerprint density at radius 2 is 1.33 bits per heavy atom. The summed E-state index contributed by atoms with van der Waals surface area (Å²) < 4.78 is 8.79. The van der Waals surface area contributed by atoms with E-state index >= 15 is 0 Å². The minimum Gasteiger partial charge on any atom is -0.435 e. The highest BCUT2D eigenvalue weighted by molar-refractivity contribution is 6.09. The van der Waals surface area contributed by atoms with Crippen molar-refractivity contribution in [3.63, 3.8) is 0 Å². The van der Waals surface area contributed by atoms with Gasteiger partial charge in [-0.25, -0.2) is 4.98 Å². The number of aromatic nitrogens is 2. The van der Waals surface area contributed by atoms with Crippen molar-refractivity contribution < 1.29 is 4.42 Å². The number of rotatable bonds is 5. The van der Waals surface area contributed by atoms with Crippen LogP contribution in [0.5, 0.6) is 0 Å². The smallest absolute Gasteiger partial charge is 0.227 e. The van der Waals surface area contributed by atoms with Crippen LogP contribution in [-0.4, -0.2) is 15.6 Å². The van der Waals surface area contributed by atoms with Gasteiger partial charge in [0.1, 0.15) is 5.52 Å². The normalized spacial score (nSPS) is 14.6. The van der Waals surface area contributed by atoms with E-state index < -0.39 is 0 Å². The third kappa shape index (κ3) is 4.26. The van der Waals surface area contributed by atoms with Gasteiger partial charge in [0.05, 0.1) is 17.1 Å². The largest absolute Gasteiger partial charge is 0.435 e. The lowest BCUT2D eigenvalue weighted by Crippen LogP contribution is -2.29. The van der Waals surface area contributed by atoms with Crippen molar-refractivity contribution in [2.75, 3.05) is 4.90 Å². The highest BCUT2D eigenvalue weighted by atomic mass is 16.3. The Hall–Kier alpha value is -5.87. The van der Waals surface area contributed by atoms with E-state index in [1.807, 2.05) is 36.4 Å². The van der Waals surface area contributed by atoms with Gasteiger partial charge in [-0.15, -0.1) is 0 Å². The molecule has 6 aromatic carbocycles. The van der Waals surface area contributed by atoms with Crippen molar-refractivity contribution in [2.45, 2.75) is 12.5 Å². The summed E-state index contributed by atoms with van der Waals surface area (Å²) in [5.74, 6) is 0.640. The van der Waals surface area contributed by atoms with E-state index in [9.17, 15) is 0 Å². The van der Waals surface area contributed by atoms with Crippen molar-refractivity contribution in [3.8, 4) is 17.1 Å². The molecule has 1 aliphatic rings. The minimum absolute atomic E-state index is 0.181. The predicted octanol–water partition coefficient (Wildman–Crippen LogP) is 10.8. The fourth-order valence-electron chi connectivity index (χ4n) is 6.80. The van der Waals surface area contributed by atoms with Crippen molar-refractivity contribution >= 4 is 55.1 Å². The van der Waals surface area contributed by atoms with Crippen LogP contribution in [0.2, 0.25) is 0 Å². The van der Waals surface area contributed by atoms with E-state index in [1.54, 1.807) is 0 Å². The molecular formula is C41H29N3O. The number of hydrogen-bond acceptors (Lipinski definition) is 3. The zero-order chi connectivity index (χ0) is 29.7. The summed E-state index contributed by atoms with van der Waals surface area (Å²) in [5.41, 5.74) is 8.47. The first kappa shape index (κ1) is 25.6. The van der Waals surface area contributed by atoms with E-state index in [1.165, 1.54) is 21.8 Å². The molecule has 0 N–H and O–H groups in total. The molecule has 2 aromatic heterocycles. The second kappa shape index (κ2) is 10.4. The van der Waals surface area contributed by atoms with Gasteiger partial charge in [-0.3, -0.25) is 0 Å². The molecule has 0 amide bonds. The molecule has 1 atom stereocenters. The molecule has 9 rings (SSSR count). The van der Waals surface area contributed by atoms with Gasteiger partial charge in [0, 0.05) is 38.8 Å². The zero-order valence-electron chi connectivity index (χ0n) is 24.5. The van der Waals surface area contributed by atoms with Crippen molar-refractivity contribution in [2.24, 2.45) is 0 Å². The van der Waals surface area contributed by atoms with Gasteiger partial charge in [-0.05, 0) is 78.5 Å². The Morgan fingerprint density at radius 1 is 0.644 bits per heavy atom. The third-order valence-electron chi connectivity index (χ3n) is 8.91. The zero-order valence-corrected chi connectivity index (χ0v) is 24.5. The summed E-state index contributed by atoms with van der Waals surface area (Å²) in [7, 11) is 0. The first-order valence-corrected chi connectivity index (χ1v) is 15.4. The molecule has 45 heavy (non-hydrogen) atoms. The molecular weight excluding hydrogens is 550 g/mol. The molecule has 0 aliphatic heterocycles. The number of benzene rings is 6. The van der Waals surface area contributed by atoms with E-state index in [0.717, 1.165) is 50.9 Å². The van der Waals surface area contributed by atoms with Crippen LogP contribution in [0.15, 0.2) is 162 Å². The molecule has 0 spiro atoms. The van der Waals surface area contributed by atoms with Gasteiger partial charge < -0.3 is 13.9 Å². The standard InChI is InChI=1S/C41H29N3O/c1-3-11-29(12-4-1)41-42-37-26-20-28-19-21-33(27-36(28)40(37)45-41)43(30-13-5-2-6-14-30)31-22-24-32(25-23-31)44-38-17-9-7-15-34(38)35-16-8-10-18-39(35)44/h1-13,15-27,30H,14H2. The van der Waals surface area contributed by atoms with Crippen LogP contribution in [0.1, 0.15) is 6.42 Å². The Kier molecular flexibility index (Phi) is 5.91. The quantitative estimate of drug-likeness (QED) is 0.203. The average molecular weight is 580 g/mol. The summed E-state index contributed by atoms with van der Waals surface area (Å²) in [4.78, 5) is 7.26. The summed E-state index contributed by atoms with van der Waals surface area (Å²) in [6, 6.07) is 47.4. The lowest BCUT2D eigenvalue weighted by molar-refractivity contribution is 0.623. The number of para-hydroxylation sites is 2. The highest BCUT2D eigenvalue weighted by Crippen LogP contribution is 2.38. The second-order valence-electron chi connectivity index (χ2n) is 11.6. The molecule has 0 radical (unpaired) electrons. The van der Waals surface area contributed by atoms with Gasteiger partial charge in [0.15, 0.2) is 5.58 Å². The van der Waals surface area contributed by atoms with Gasteiger partial charge in [-0.1, -0.05) is 91.0 Å². The Bertz CT molecular complexity index is 2360. The first-order valence-electron chi connectivity index (χ1n) is 15.4. The molecule has 8 aromatic rings. The highest BCUT2D eigenvalue weighted by Gasteiger charge is 2.21. The average Bonchev–Trinajstić information content (AvgIpc) is 3.70. The molecule has 2 heterocycles. The van der Waals surface area contributed by atoms with Crippen LogP contribution in [0.4, 0.5) is 11.4 Å². The maximum atomic E-state index is 6.42. The Labute approximate surface area is 260 Å². The molecule has 214 valence electrons. The van der Waals surface area contributed by atoms with E-state index in [0.29, 0.717) is 5.89 Å². The fourth-order valence-corrected chi connectivity index (χ4v) is 6.80. The van der Waals surface area contributed by atoms with Gasteiger partial charge in [-0.2, -0.15) is 0 Å². The maximum absolute atomic E-state index is 6.42. The van der Waals surface area contributed by atoms with Gasteiger partial charge >= 0.3 is 0 Å². The van der Waals surface area contributed by atoms with Crippen LogP contribution in [-0.2, 0) is 0 Å². The predicted molar refractivity (Wildman–Crippen MR) is 187 cm³/mol. The van der Waals surface area contributed by atoms with E-state index in [-0.39, 0.29) is 6.04 Å². The molecule has 0 fully saturated rings. The summed E-state index contributed by atoms with van der Waals surface area (Å²) in [5, 5.41) is 4.72. The monoisotopic (exact) mass is 579 g/mol. The van der Waals surface area contributed by atoms with Gasteiger partial charge in [0.25, 0.3) is 0 Å². The second-order valence-corrected chi connectivity index (χ2v) is 11.6. The SMILES string of the molecule is C1=CCC(N(c2ccc(-n3c4ccccc4c4ccccc43)cc2)c2ccc3ccc4nc(-c5ccccc5)oc4c3c2)C=C1.